The van der Waals surface area contributed by atoms with E-state index in [2.05, 4.69) is 173 Å². The van der Waals surface area contributed by atoms with Gasteiger partial charge in [-0.05, 0) is 128 Å². The van der Waals surface area contributed by atoms with E-state index in [1.807, 2.05) is 6.07 Å². The molecule has 3 nitrogen and oxygen atoms in total. The van der Waals surface area contributed by atoms with Crippen LogP contribution in [-0.4, -0.2) is 6.71 Å². The average molecular weight is 660 g/mol. The molecule has 0 spiro atoms. The van der Waals surface area contributed by atoms with Crippen LogP contribution in [0, 0.1) is 0 Å². The Kier molecular flexibility index (Phi) is 6.28. The SMILES string of the molecule is CC(C)(C)c1ccc2c(c1)B1c3cc4c(cc3Oc3cccc(c31)O2)-c1cc2ccc(N(c3ccccc3)c3ccccc3)cc2cc1C4(C)C. The Hall–Kier alpha value is -5.74. The molecular formula is C47H38BNO2. The van der Waals surface area contributed by atoms with Crippen molar-refractivity contribution in [3.8, 4) is 34.1 Å². The molecule has 0 atom stereocenters. The van der Waals surface area contributed by atoms with Gasteiger partial charge in [0.25, 0.3) is 6.71 Å². The molecule has 246 valence electrons. The number of benzene rings is 7. The molecular weight excluding hydrogens is 621 g/mol. The number of nitrogens with zero attached hydrogens (tertiary/aromatic N) is 1. The number of hydrogen-bond acceptors (Lipinski definition) is 3. The maximum atomic E-state index is 6.77. The predicted molar refractivity (Wildman–Crippen MR) is 213 cm³/mol. The lowest BCUT2D eigenvalue weighted by Crippen LogP contribution is -2.57. The van der Waals surface area contributed by atoms with Gasteiger partial charge < -0.3 is 14.4 Å². The highest BCUT2D eigenvalue weighted by Gasteiger charge is 2.44. The van der Waals surface area contributed by atoms with Crippen molar-refractivity contribution in [2.45, 2.75) is 45.4 Å². The average Bonchev–Trinajstić information content (AvgIpc) is 3.34. The van der Waals surface area contributed by atoms with E-state index in [9.17, 15) is 0 Å². The summed E-state index contributed by atoms with van der Waals surface area (Å²) in [5.74, 6) is 3.61. The van der Waals surface area contributed by atoms with Crippen LogP contribution in [0.15, 0.2) is 140 Å². The molecule has 2 aliphatic heterocycles. The first kappa shape index (κ1) is 30.1. The minimum atomic E-state index is -0.205. The van der Waals surface area contributed by atoms with Gasteiger partial charge in [0.1, 0.15) is 23.0 Å². The fourth-order valence-electron chi connectivity index (χ4n) is 8.60. The third-order valence-corrected chi connectivity index (χ3v) is 11.3. The van der Waals surface area contributed by atoms with Crippen molar-refractivity contribution in [3.05, 3.63) is 156 Å². The molecule has 7 aromatic carbocycles. The zero-order valence-corrected chi connectivity index (χ0v) is 29.6. The zero-order chi connectivity index (χ0) is 34.6. The molecule has 0 saturated carbocycles. The van der Waals surface area contributed by atoms with Crippen LogP contribution in [0.3, 0.4) is 0 Å². The highest BCUT2D eigenvalue weighted by Crippen LogP contribution is 2.52. The largest absolute Gasteiger partial charge is 0.458 e. The number of ether oxygens (including phenoxy) is 2. The first-order valence-corrected chi connectivity index (χ1v) is 18.0. The molecule has 0 amide bonds. The van der Waals surface area contributed by atoms with Gasteiger partial charge in [0.2, 0.25) is 0 Å². The Labute approximate surface area is 300 Å². The van der Waals surface area contributed by atoms with Gasteiger partial charge in [0, 0.05) is 27.9 Å². The Bertz CT molecular complexity index is 2510. The lowest BCUT2D eigenvalue weighted by Gasteiger charge is -2.34. The van der Waals surface area contributed by atoms with Crippen LogP contribution in [0.25, 0.3) is 21.9 Å². The molecule has 0 N–H and O–H groups in total. The first-order valence-electron chi connectivity index (χ1n) is 18.0. The third kappa shape index (κ3) is 4.52. The molecule has 10 rings (SSSR count). The fourth-order valence-corrected chi connectivity index (χ4v) is 8.60. The van der Waals surface area contributed by atoms with Gasteiger partial charge in [-0.25, -0.2) is 0 Å². The van der Waals surface area contributed by atoms with Crippen LogP contribution in [0.5, 0.6) is 23.0 Å². The van der Waals surface area contributed by atoms with Crippen molar-refractivity contribution in [1.29, 1.82) is 0 Å². The predicted octanol–water partition coefficient (Wildman–Crippen LogP) is 10.6. The standard InChI is InChI=1S/C47H38BNO2/c1-46(2,3)31-20-22-41-39(26-31)48-40-28-38-36(27-44(40)51-43-18-12-17-42(50-41)45(43)48)35-24-29-19-21-34(23-30(29)25-37(35)47(38,4)5)49(32-13-8-6-9-14-32)33-15-10-7-11-16-33/h6-28H,1-5H3. The van der Waals surface area contributed by atoms with E-state index in [1.54, 1.807) is 0 Å². The maximum absolute atomic E-state index is 6.77. The molecule has 2 heterocycles. The number of para-hydroxylation sites is 2. The number of rotatable bonds is 3. The van der Waals surface area contributed by atoms with Crippen LogP contribution in [0.2, 0.25) is 0 Å². The van der Waals surface area contributed by atoms with Crippen molar-refractivity contribution >= 4 is 50.9 Å². The van der Waals surface area contributed by atoms with E-state index < -0.39 is 0 Å². The molecule has 0 fully saturated rings. The summed E-state index contributed by atoms with van der Waals surface area (Å²) in [7, 11) is 0. The van der Waals surface area contributed by atoms with Gasteiger partial charge in [0.05, 0.1) is 0 Å². The van der Waals surface area contributed by atoms with Gasteiger partial charge in [-0.15, -0.1) is 0 Å². The Morgan fingerprint density at radius 1 is 0.510 bits per heavy atom. The number of hydrogen-bond donors (Lipinski definition) is 0. The summed E-state index contributed by atoms with van der Waals surface area (Å²) in [5, 5.41) is 2.46. The summed E-state index contributed by atoms with van der Waals surface area (Å²) in [6.45, 7) is 11.6. The van der Waals surface area contributed by atoms with Gasteiger partial charge in [0.15, 0.2) is 0 Å². The first-order chi connectivity index (χ1) is 24.6. The van der Waals surface area contributed by atoms with Crippen LogP contribution in [0.1, 0.15) is 51.3 Å². The maximum Gasteiger partial charge on any atom is 0.260 e. The van der Waals surface area contributed by atoms with Crippen molar-refractivity contribution in [2.24, 2.45) is 0 Å². The summed E-state index contributed by atoms with van der Waals surface area (Å²) in [6, 6.07) is 50.6. The van der Waals surface area contributed by atoms with Gasteiger partial charge in [-0.2, -0.15) is 0 Å². The van der Waals surface area contributed by atoms with E-state index in [-0.39, 0.29) is 17.5 Å². The van der Waals surface area contributed by atoms with Crippen molar-refractivity contribution in [2.75, 3.05) is 4.90 Å². The molecule has 0 unspecified atom stereocenters. The smallest absolute Gasteiger partial charge is 0.260 e. The highest BCUT2D eigenvalue weighted by molar-refractivity contribution is 6.98. The molecule has 4 heteroatoms. The van der Waals surface area contributed by atoms with Crippen LogP contribution in [-0.2, 0) is 10.8 Å². The second-order valence-electron chi connectivity index (χ2n) is 15.8. The number of fused-ring (bicyclic) bond motifs is 8. The van der Waals surface area contributed by atoms with Crippen molar-refractivity contribution in [3.63, 3.8) is 0 Å². The summed E-state index contributed by atoms with van der Waals surface area (Å²) >= 11 is 0. The zero-order valence-electron chi connectivity index (χ0n) is 29.6. The van der Waals surface area contributed by atoms with Crippen LogP contribution >= 0.6 is 0 Å². The van der Waals surface area contributed by atoms with Crippen LogP contribution in [0.4, 0.5) is 17.1 Å². The molecule has 7 aromatic rings. The third-order valence-electron chi connectivity index (χ3n) is 11.3. The summed E-state index contributed by atoms with van der Waals surface area (Å²) in [6.07, 6.45) is 0. The minimum absolute atomic E-state index is 0.0193. The van der Waals surface area contributed by atoms with Gasteiger partial charge >= 0.3 is 0 Å². The minimum Gasteiger partial charge on any atom is -0.458 e. The molecule has 0 bridgehead atoms. The molecule has 51 heavy (non-hydrogen) atoms. The normalized spacial score (nSPS) is 14.4. The Morgan fingerprint density at radius 3 is 1.82 bits per heavy atom. The van der Waals surface area contributed by atoms with E-state index in [0.29, 0.717) is 0 Å². The van der Waals surface area contributed by atoms with Gasteiger partial charge in [-0.3, -0.25) is 0 Å². The fraction of sp³-hybridized carbons (Fsp3) is 0.149. The van der Waals surface area contributed by atoms with Crippen LogP contribution < -0.4 is 30.8 Å². The van der Waals surface area contributed by atoms with E-state index >= 15 is 0 Å². The molecule has 0 aromatic heterocycles. The number of anilines is 3. The summed E-state index contributed by atoms with van der Waals surface area (Å²) in [4.78, 5) is 2.33. The monoisotopic (exact) mass is 659 g/mol. The Morgan fingerprint density at radius 2 is 1.14 bits per heavy atom. The quantitative estimate of drug-likeness (QED) is 0.176. The summed E-state index contributed by atoms with van der Waals surface area (Å²) in [5.41, 5.74) is 13.3. The molecule has 3 aliphatic rings. The second kappa shape index (κ2) is 10.6. The summed E-state index contributed by atoms with van der Waals surface area (Å²) < 4.78 is 13.3. The molecule has 0 radical (unpaired) electrons. The van der Waals surface area contributed by atoms with E-state index in [4.69, 9.17) is 9.47 Å². The van der Waals surface area contributed by atoms with Gasteiger partial charge in [-0.1, -0.05) is 101 Å². The lowest BCUT2D eigenvalue weighted by atomic mass is 9.34. The highest BCUT2D eigenvalue weighted by atomic mass is 16.5. The van der Waals surface area contributed by atoms with Crippen molar-refractivity contribution < 1.29 is 9.47 Å². The molecule has 1 aliphatic carbocycles. The molecule has 0 saturated heterocycles. The second-order valence-corrected chi connectivity index (χ2v) is 15.8. The topological polar surface area (TPSA) is 21.7 Å². The lowest BCUT2D eigenvalue weighted by molar-refractivity contribution is 0.464. The van der Waals surface area contributed by atoms with E-state index in [0.717, 1.165) is 45.5 Å². The Balaban J connectivity index is 1.13. The van der Waals surface area contributed by atoms with Crippen molar-refractivity contribution in [1.82, 2.24) is 0 Å². The van der Waals surface area contributed by atoms with E-state index in [1.165, 1.54) is 49.5 Å².